The van der Waals surface area contributed by atoms with Crippen LogP contribution in [-0.2, 0) is 10.0 Å². The van der Waals surface area contributed by atoms with Gasteiger partial charge in [-0.1, -0.05) is 0 Å². The SMILES string of the molecule is NC(N)=NNc1ccc(S(N)(=O)=O)cc1. The van der Waals surface area contributed by atoms with E-state index in [1.54, 1.807) is 0 Å². The average molecular weight is 229 g/mol. The van der Waals surface area contributed by atoms with Crippen molar-refractivity contribution in [1.29, 1.82) is 0 Å². The van der Waals surface area contributed by atoms with E-state index in [-0.39, 0.29) is 10.9 Å². The lowest BCUT2D eigenvalue weighted by Crippen LogP contribution is -2.23. The summed E-state index contributed by atoms with van der Waals surface area (Å²) in [6, 6.07) is 5.68. The van der Waals surface area contributed by atoms with E-state index in [0.717, 1.165) is 0 Å². The van der Waals surface area contributed by atoms with Crippen molar-refractivity contribution >= 4 is 21.7 Å². The van der Waals surface area contributed by atoms with Gasteiger partial charge in [-0.15, -0.1) is 5.10 Å². The fraction of sp³-hybridized carbons (Fsp3) is 0. The summed E-state index contributed by atoms with van der Waals surface area (Å²) in [7, 11) is -3.66. The Kier molecular flexibility index (Phi) is 3.12. The van der Waals surface area contributed by atoms with Crippen LogP contribution < -0.4 is 22.0 Å². The predicted octanol–water partition coefficient (Wildman–Crippen LogP) is -1.07. The zero-order valence-electron chi connectivity index (χ0n) is 7.71. The minimum atomic E-state index is -3.66. The monoisotopic (exact) mass is 229 g/mol. The van der Waals surface area contributed by atoms with Crippen molar-refractivity contribution in [3.05, 3.63) is 24.3 Å². The van der Waals surface area contributed by atoms with Crippen molar-refractivity contribution < 1.29 is 8.42 Å². The Morgan fingerprint density at radius 1 is 1.20 bits per heavy atom. The number of nitrogens with one attached hydrogen (secondary N) is 1. The Morgan fingerprint density at radius 2 is 1.73 bits per heavy atom. The van der Waals surface area contributed by atoms with E-state index >= 15 is 0 Å². The maximum Gasteiger partial charge on any atom is 0.238 e. The van der Waals surface area contributed by atoms with Crippen LogP contribution in [0.3, 0.4) is 0 Å². The highest BCUT2D eigenvalue weighted by Gasteiger charge is 2.05. The summed E-state index contributed by atoms with van der Waals surface area (Å²) in [6.45, 7) is 0. The smallest absolute Gasteiger partial charge is 0.238 e. The van der Waals surface area contributed by atoms with Gasteiger partial charge in [0.05, 0.1) is 10.6 Å². The highest BCUT2D eigenvalue weighted by molar-refractivity contribution is 7.89. The standard InChI is InChI=1S/C7H11N5O2S/c8-7(9)12-11-5-1-3-6(4-2-5)15(10,13)14/h1-4,11H,(H4,8,9,12)(H2,10,13,14). The van der Waals surface area contributed by atoms with Gasteiger partial charge in [0.25, 0.3) is 0 Å². The van der Waals surface area contributed by atoms with Crippen LogP contribution in [0.25, 0.3) is 0 Å². The van der Waals surface area contributed by atoms with E-state index in [2.05, 4.69) is 10.5 Å². The fourth-order valence-electron chi connectivity index (χ4n) is 0.848. The number of primary sulfonamides is 1. The van der Waals surface area contributed by atoms with E-state index in [9.17, 15) is 8.42 Å². The van der Waals surface area contributed by atoms with Crippen LogP contribution in [0.4, 0.5) is 5.69 Å². The Hall–Kier alpha value is -1.80. The predicted molar refractivity (Wildman–Crippen MR) is 57.2 cm³/mol. The third-order valence-electron chi connectivity index (χ3n) is 1.50. The van der Waals surface area contributed by atoms with Gasteiger partial charge in [0.15, 0.2) is 0 Å². The molecule has 0 amide bonds. The highest BCUT2D eigenvalue weighted by Crippen LogP contribution is 2.12. The normalized spacial score (nSPS) is 10.7. The lowest BCUT2D eigenvalue weighted by molar-refractivity contribution is 0.598. The van der Waals surface area contributed by atoms with Crippen molar-refractivity contribution in [2.75, 3.05) is 5.43 Å². The van der Waals surface area contributed by atoms with Crippen molar-refractivity contribution in [3.8, 4) is 0 Å². The first-order valence-corrected chi connectivity index (χ1v) is 5.42. The molecule has 0 radical (unpaired) electrons. The zero-order chi connectivity index (χ0) is 11.5. The van der Waals surface area contributed by atoms with Crippen LogP contribution in [0.2, 0.25) is 0 Å². The van der Waals surface area contributed by atoms with E-state index in [1.165, 1.54) is 24.3 Å². The molecular formula is C7H11N5O2S. The maximum atomic E-state index is 10.9. The van der Waals surface area contributed by atoms with Crippen LogP contribution in [0, 0.1) is 0 Å². The summed E-state index contributed by atoms with van der Waals surface area (Å²) in [5.41, 5.74) is 13.3. The average Bonchev–Trinajstić information content (AvgIpc) is 2.14. The zero-order valence-corrected chi connectivity index (χ0v) is 8.53. The first-order valence-electron chi connectivity index (χ1n) is 3.87. The first-order chi connectivity index (χ1) is 6.89. The molecule has 0 bridgehead atoms. The molecule has 0 aromatic heterocycles. The molecule has 1 aromatic carbocycles. The summed E-state index contributed by atoms with van der Waals surface area (Å²) in [4.78, 5) is 0.0257. The van der Waals surface area contributed by atoms with Gasteiger partial charge in [0.1, 0.15) is 0 Å². The third kappa shape index (κ3) is 3.44. The molecule has 0 heterocycles. The summed E-state index contributed by atoms with van der Waals surface area (Å²) in [6.07, 6.45) is 0. The molecule has 7 N–H and O–H groups in total. The van der Waals surface area contributed by atoms with Gasteiger partial charge in [-0.05, 0) is 24.3 Å². The number of rotatable bonds is 3. The molecule has 0 aliphatic rings. The molecule has 0 saturated heterocycles. The Balaban J connectivity index is 2.87. The van der Waals surface area contributed by atoms with Gasteiger partial charge in [-0.2, -0.15) is 0 Å². The molecule has 15 heavy (non-hydrogen) atoms. The molecule has 0 spiro atoms. The number of benzene rings is 1. The van der Waals surface area contributed by atoms with Crippen LogP contribution >= 0.6 is 0 Å². The molecular weight excluding hydrogens is 218 g/mol. The van der Waals surface area contributed by atoms with Gasteiger partial charge < -0.3 is 11.5 Å². The molecule has 0 aliphatic heterocycles. The van der Waals surface area contributed by atoms with E-state index in [1.807, 2.05) is 0 Å². The highest BCUT2D eigenvalue weighted by atomic mass is 32.2. The largest absolute Gasteiger partial charge is 0.369 e. The number of hydrogen-bond acceptors (Lipinski definition) is 4. The molecule has 0 unspecified atom stereocenters. The molecule has 8 heteroatoms. The summed E-state index contributed by atoms with van der Waals surface area (Å²) < 4.78 is 21.8. The van der Waals surface area contributed by atoms with Crippen molar-refractivity contribution in [2.24, 2.45) is 21.7 Å². The van der Waals surface area contributed by atoms with Gasteiger partial charge in [0.2, 0.25) is 16.0 Å². The number of hydrogen-bond donors (Lipinski definition) is 4. The minimum Gasteiger partial charge on any atom is -0.369 e. The topological polar surface area (TPSA) is 137 Å². The van der Waals surface area contributed by atoms with Gasteiger partial charge in [0, 0.05) is 0 Å². The minimum absolute atomic E-state index is 0.0257. The van der Waals surface area contributed by atoms with Gasteiger partial charge >= 0.3 is 0 Å². The quantitative estimate of drug-likeness (QED) is 0.297. The maximum absolute atomic E-state index is 10.9. The third-order valence-corrected chi connectivity index (χ3v) is 2.43. The number of nitrogens with zero attached hydrogens (tertiary/aromatic N) is 1. The van der Waals surface area contributed by atoms with E-state index in [0.29, 0.717) is 5.69 Å². The number of hydrazone groups is 1. The second-order valence-electron chi connectivity index (χ2n) is 2.72. The second-order valence-corrected chi connectivity index (χ2v) is 4.28. The molecule has 1 aromatic rings. The molecule has 0 aliphatic carbocycles. The Morgan fingerprint density at radius 3 is 2.13 bits per heavy atom. The Labute approximate surface area is 87.0 Å². The van der Waals surface area contributed by atoms with Crippen LogP contribution in [0.15, 0.2) is 34.3 Å². The molecule has 7 nitrogen and oxygen atoms in total. The summed E-state index contributed by atoms with van der Waals surface area (Å²) in [5, 5.41) is 8.44. The van der Waals surface area contributed by atoms with Crippen molar-refractivity contribution in [3.63, 3.8) is 0 Å². The lowest BCUT2D eigenvalue weighted by atomic mass is 10.3. The first kappa shape index (κ1) is 11.3. The van der Waals surface area contributed by atoms with Crippen LogP contribution in [0.1, 0.15) is 0 Å². The van der Waals surface area contributed by atoms with Crippen molar-refractivity contribution in [2.45, 2.75) is 4.90 Å². The number of sulfonamides is 1. The molecule has 1 rings (SSSR count). The summed E-state index contributed by atoms with van der Waals surface area (Å²) in [5.74, 6) is -0.120. The number of guanidine groups is 1. The molecule has 0 atom stereocenters. The van der Waals surface area contributed by atoms with Crippen LogP contribution in [0.5, 0.6) is 0 Å². The molecule has 0 fully saturated rings. The van der Waals surface area contributed by atoms with E-state index < -0.39 is 10.0 Å². The van der Waals surface area contributed by atoms with Gasteiger partial charge in [-0.3, -0.25) is 5.43 Å². The lowest BCUT2D eigenvalue weighted by Gasteiger charge is -2.01. The number of nitrogens with two attached hydrogens (primary N) is 3. The van der Waals surface area contributed by atoms with Crippen LogP contribution in [-0.4, -0.2) is 14.4 Å². The second kappa shape index (κ2) is 4.15. The number of anilines is 1. The Bertz CT molecular complexity index is 461. The van der Waals surface area contributed by atoms with E-state index in [4.69, 9.17) is 16.6 Å². The molecule has 0 saturated carbocycles. The molecule has 82 valence electrons. The van der Waals surface area contributed by atoms with Gasteiger partial charge in [-0.25, -0.2) is 13.6 Å². The van der Waals surface area contributed by atoms with Crippen molar-refractivity contribution in [1.82, 2.24) is 0 Å². The fourth-order valence-corrected chi connectivity index (χ4v) is 1.36. The summed E-state index contributed by atoms with van der Waals surface area (Å²) >= 11 is 0.